The quantitative estimate of drug-likeness (QED) is 0.685. The first-order valence-corrected chi connectivity index (χ1v) is 11.5. The molecule has 0 saturated heterocycles. The van der Waals surface area contributed by atoms with Crippen LogP contribution in [0.5, 0.6) is 0 Å². The number of thioether (sulfide) groups is 1. The fraction of sp³-hybridized carbons (Fsp3) is 0.591. The van der Waals surface area contributed by atoms with Crippen LogP contribution < -0.4 is 5.32 Å². The Balaban J connectivity index is 1.49. The van der Waals surface area contributed by atoms with Crippen LogP contribution in [0.3, 0.4) is 0 Å². The van der Waals surface area contributed by atoms with E-state index in [1.165, 1.54) is 30.7 Å². The van der Waals surface area contributed by atoms with Gasteiger partial charge in [0.1, 0.15) is 5.82 Å². The lowest BCUT2D eigenvalue weighted by Gasteiger charge is -2.35. The molecule has 29 heavy (non-hydrogen) atoms. The van der Waals surface area contributed by atoms with Gasteiger partial charge in [-0.3, -0.25) is 9.36 Å². The zero-order valence-electron chi connectivity index (χ0n) is 17.3. The van der Waals surface area contributed by atoms with Crippen molar-refractivity contribution < 1.29 is 9.18 Å². The number of hydrogen-bond donors (Lipinski definition) is 1. The molecule has 2 fully saturated rings. The molecule has 2 saturated carbocycles. The molecule has 156 valence electrons. The summed E-state index contributed by atoms with van der Waals surface area (Å²) in [6, 6.07) is 7.18. The van der Waals surface area contributed by atoms with Crippen molar-refractivity contribution in [3.8, 4) is 11.4 Å². The minimum absolute atomic E-state index is 0.0405. The summed E-state index contributed by atoms with van der Waals surface area (Å²) in [6.45, 7) is 6.41. The van der Waals surface area contributed by atoms with Crippen LogP contribution in [0, 0.1) is 17.7 Å². The maximum atomic E-state index is 14.3. The highest BCUT2D eigenvalue weighted by atomic mass is 32.2. The van der Waals surface area contributed by atoms with E-state index < -0.39 is 0 Å². The van der Waals surface area contributed by atoms with Crippen LogP contribution in [0.25, 0.3) is 11.4 Å². The zero-order chi connectivity index (χ0) is 20.5. The highest BCUT2D eigenvalue weighted by Crippen LogP contribution is 2.42. The number of nitrogens with zero attached hydrogens (tertiary/aromatic N) is 3. The van der Waals surface area contributed by atoms with Crippen molar-refractivity contribution in [2.75, 3.05) is 0 Å². The monoisotopic (exact) mass is 416 g/mol. The molecule has 4 atom stereocenters. The lowest BCUT2D eigenvalue weighted by molar-refractivity contribution is -0.121. The number of rotatable bonds is 6. The largest absolute Gasteiger partial charge is 0.352 e. The average Bonchev–Trinajstić information content (AvgIpc) is 3.46. The number of carbonyl (C=O) groups is 1. The van der Waals surface area contributed by atoms with Crippen LogP contribution >= 0.6 is 11.8 Å². The van der Waals surface area contributed by atoms with Gasteiger partial charge >= 0.3 is 0 Å². The zero-order valence-corrected chi connectivity index (χ0v) is 18.1. The Morgan fingerprint density at radius 2 is 1.97 bits per heavy atom. The van der Waals surface area contributed by atoms with Gasteiger partial charge in [0.05, 0.1) is 10.8 Å². The minimum Gasteiger partial charge on any atom is -0.352 e. The van der Waals surface area contributed by atoms with E-state index in [1.807, 2.05) is 11.5 Å². The Hall–Kier alpha value is -1.89. The van der Waals surface area contributed by atoms with Crippen LogP contribution in [0.1, 0.15) is 58.9 Å². The second-order valence-electron chi connectivity index (χ2n) is 8.53. The van der Waals surface area contributed by atoms with E-state index in [0.717, 1.165) is 19.3 Å². The van der Waals surface area contributed by atoms with Gasteiger partial charge in [-0.2, -0.15) is 0 Å². The van der Waals surface area contributed by atoms with Crippen molar-refractivity contribution >= 4 is 17.7 Å². The van der Waals surface area contributed by atoms with Crippen molar-refractivity contribution in [1.82, 2.24) is 20.1 Å². The van der Waals surface area contributed by atoms with Crippen LogP contribution in [0.2, 0.25) is 0 Å². The summed E-state index contributed by atoms with van der Waals surface area (Å²) in [5, 5.41) is 12.3. The first kappa shape index (κ1) is 20.4. The number of hydrogen-bond acceptors (Lipinski definition) is 4. The molecule has 0 bridgehead atoms. The van der Waals surface area contributed by atoms with Crippen molar-refractivity contribution in [2.24, 2.45) is 11.8 Å². The summed E-state index contributed by atoms with van der Waals surface area (Å²) in [6.07, 6.45) is 5.52. The highest BCUT2D eigenvalue weighted by Gasteiger charge is 2.33. The Kier molecular flexibility index (Phi) is 5.95. The van der Waals surface area contributed by atoms with E-state index in [0.29, 0.717) is 28.4 Å². The van der Waals surface area contributed by atoms with E-state index in [-0.39, 0.29) is 29.1 Å². The van der Waals surface area contributed by atoms with E-state index in [4.69, 9.17) is 0 Å². The molecule has 2 aliphatic carbocycles. The van der Waals surface area contributed by atoms with Gasteiger partial charge in [-0.1, -0.05) is 50.6 Å². The van der Waals surface area contributed by atoms with Gasteiger partial charge in [0.15, 0.2) is 11.0 Å². The number of carbonyl (C=O) groups excluding carboxylic acids is 1. The van der Waals surface area contributed by atoms with Gasteiger partial charge in [0, 0.05) is 12.1 Å². The molecule has 0 radical (unpaired) electrons. The Morgan fingerprint density at radius 1 is 1.21 bits per heavy atom. The number of benzene rings is 1. The lowest BCUT2D eigenvalue weighted by atomic mass is 9.78. The molecule has 5 nitrogen and oxygen atoms in total. The van der Waals surface area contributed by atoms with Crippen molar-refractivity contribution in [1.29, 1.82) is 0 Å². The molecule has 1 aromatic heterocycles. The van der Waals surface area contributed by atoms with Gasteiger partial charge in [-0.15, -0.1) is 10.2 Å². The van der Waals surface area contributed by atoms with E-state index >= 15 is 0 Å². The van der Waals surface area contributed by atoms with Gasteiger partial charge < -0.3 is 5.32 Å². The van der Waals surface area contributed by atoms with E-state index in [9.17, 15) is 9.18 Å². The smallest absolute Gasteiger partial charge is 0.233 e. The Labute approximate surface area is 175 Å². The molecule has 0 aliphatic heterocycles. The molecule has 4 rings (SSSR count). The molecule has 0 spiro atoms. The molecular formula is C22H29FN4OS. The summed E-state index contributed by atoms with van der Waals surface area (Å²) >= 11 is 1.41. The minimum atomic E-state index is -0.301. The number of aromatic nitrogens is 3. The summed E-state index contributed by atoms with van der Waals surface area (Å²) in [7, 11) is 0. The average molecular weight is 417 g/mol. The van der Waals surface area contributed by atoms with Gasteiger partial charge in [-0.05, 0) is 50.2 Å². The normalized spacial score (nSPS) is 25.6. The highest BCUT2D eigenvalue weighted by molar-refractivity contribution is 8.00. The maximum Gasteiger partial charge on any atom is 0.233 e. The summed E-state index contributed by atoms with van der Waals surface area (Å²) in [5.41, 5.74) is 0.459. The molecule has 7 heteroatoms. The maximum absolute atomic E-state index is 14.3. The van der Waals surface area contributed by atoms with Crippen molar-refractivity contribution in [3.63, 3.8) is 0 Å². The van der Waals surface area contributed by atoms with Crippen LogP contribution in [0.4, 0.5) is 4.39 Å². The van der Waals surface area contributed by atoms with Gasteiger partial charge in [-0.25, -0.2) is 4.39 Å². The number of nitrogens with one attached hydrogen (secondary N) is 1. The molecule has 1 amide bonds. The van der Waals surface area contributed by atoms with Gasteiger partial charge in [0.25, 0.3) is 0 Å². The molecule has 1 N–H and O–H groups in total. The second-order valence-corrected chi connectivity index (χ2v) is 9.84. The third kappa shape index (κ3) is 4.34. The lowest BCUT2D eigenvalue weighted by Crippen LogP contribution is -2.46. The standard InChI is InChI=1S/C22H29FN4OS/c1-13-7-6-10-19(14(13)2)24-21(28)15(3)29-22-26-25-20(27(22)16-11-12-16)17-8-4-5-9-18(17)23/h4-5,8-9,13-16,19H,6-7,10-12H2,1-3H3,(H,24,28)/t13-,14-,15-,19+/m1/s1. The van der Waals surface area contributed by atoms with Crippen LogP contribution in [0.15, 0.2) is 29.4 Å². The fourth-order valence-electron chi connectivity index (χ4n) is 4.14. The summed E-state index contributed by atoms with van der Waals surface area (Å²) in [5.74, 6) is 1.42. The van der Waals surface area contributed by atoms with Crippen molar-refractivity contribution in [3.05, 3.63) is 30.1 Å². The molecule has 1 aromatic carbocycles. The van der Waals surface area contributed by atoms with E-state index in [1.54, 1.807) is 18.2 Å². The summed E-state index contributed by atoms with van der Waals surface area (Å²) < 4.78 is 16.3. The molecule has 0 unspecified atom stereocenters. The van der Waals surface area contributed by atoms with E-state index in [2.05, 4.69) is 29.4 Å². The van der Waals surface area contributed by atoms with Crippen LogP contribution in [-0.4, -0.2) is 32.0 Å². The molecule has 2 aromatic rings. The predicted octanol–water partition coefficient (Wildman–Crippen LogP) is 4.84. The molecule has 1 heterocycles. The second kappa shape index (κ2) is 8.46. The third-order valence-corrected chi connectivity index (χ3v) is 7.43. The topological polar surface area (TPSA) is 59.8 Å². The molecule has 2 aliphatic rings. The SMILES string of the molecule is C[C@@H]1[C@H](C)CCC[C@@H]1NC(=O)[C@@H](C)Sc1nnc(-c2ccccc2F)n1C1CC1. The number of halogens is 1. The fourth-order valence-corrected chi connectivity index (χ4v) is 5.07. The predicted molar refractivity (Wildman–Crippen MR) is 113 cm³/mol. The summed E-state index contributed by atoms with van der Waals surface area (Å²) in [4.78, 5) is 12.8. The van der Waals surface area contributed by atoms with Crippen molar-refractivity contribution in [2.45, 2.75) is 75.4 Å². The number of amides is 1. The Morgan fingerprint density at radius 3 is 2.69 bits per heavy atom. The molecular weight excluding hydrogens is 387 g/mol. The van der Waals surface area contributed by atoms with Gasteiger partial charge in [0.2, 0.25) is 5.91 Å². The first-order valence-electron chi connectivity index (χ1n) is 10.6. The Bertz CT molecular complexity index is 881. The third-order valence-electron chi connectivity index (χ3n) is 6.38. The first-order chi connectivity index (χ1) is 14.0. The van der Waals surface area contributed by atoms with Crippen LogP contribution in [-0.2, 0) is 4.79 Å².